The summed E-state index contributed by atoms with van der Waals surface area (Å²) in [6, 6.07) is 0. The molecular formula is C10H17FNRf-. The van der Waals surface area contributed by atoms with Crippen LogP contribution in [0.4, 0.5) is 4.39 Å². The van der Waals surface area contributed by atoms with Crippen molar-refractivity contribution < 1.29 is 4.39 Å². The zero-order valence-electron chi connectivity index (χ0n) is 8.78. The van der Waals surface area contributed by atoms with Crippen LogP contribution >= 0.6 is 0 Å². The summed E-state index contributed by atoms with van der Waals surface area (Å²) in [5.74, 6) is -0.0573. The molecule has 0 fully saturated rings. The fourth-order valence-corrected chi connectivity index (χ4v) is 1.18. The normalized spacial score (nSPS) is 17.6. The van der Waals surface area contributed by atoms with E-state index >= 15 is 0 Å². The Balaban J connectivity index is 0. The van der Waals surface area contributed by atoms with Crippen molar-refractivity contribution in [3.05, 3.63) is 30.5 Å². The Kier molecular flexibility index (Phi) is 6.37. The Morgan fingerprint density at radius 3 is 2.46 bits per heavy atom. The first-order chi connectivity index (χ1) is 5.22. The molecule has 0 atom stereocenters. The Bertz CT molecular complexity index is 205. The van der Waals surface area contributed by atoms with E-state index in [1.807, 2.05) is 6.92 Å². The van der Waals surface area contributed by atoms with Gasteiger partial charge in [0.1, 0.15) is 0 Å². The predicted molar refractivity (Wildman–Crippen MR) is 51.5 cm³/mol. The Morgan fingerprint density at radius 1 is 1.46 bits per heavy atom. The number of hydrogen-bond acceptors (Lipinski definition) is 1. The molecule has 0 aromatic rings. The molecule has 0 aromatic carbocycles. The van der Waals surface area contributed by atoms with Crippen molar-refractivity contribution in [1.82, 2.24) is 5.32 Å². The van der Waals surface area contributed by atoms with Gasteiger partial charge in [-0.25, -0.2) is 4.39 Å². The standard InChI is InChI=1S/C9H14FN.CH3.Rf/c1-7(8(2)10)9-3-5-11-6-4-9;;/h3,11H,4-6H2,1-2H3;1H3;/q;-1;/b8-7-;;. The Labute approximate surface area is 74.4 Å². The van der Waals surface area contributed by atoms with Gasteiger partial charge in [0.15, 0.2) is 0 Å². The van der Waals surface area contributed by atoms with Crippen LogP contribution in [0.15, 0.2) is 23.0 Å². The van der Waals surface area contributed by atoms with Crippen molar-refractivity contribution in [1.29, 1.82) is 0 Å². The SMILES string of the molecule is C/C(F)=C(\C)C1=CCNCC1.[CH3-].[Rf]. The summed E-state index contributed by atoms with van der Waals surface area (Å²) in [4.78, 5) is 0. The van der Waals surface area contributed by atoms with Gasteiger partial charge < -0.3 is 12.7 Å². The summed E-state index contributed by atoms with van der Waals surface area (Å²) in [6.45, 7) is 5.20. The number of allylic oxidation sites excluding steroid dienone is 2. The summed E-state index contributed by atoms with van der Waals surface area (Å²) in [7, 11) is 0. The van der Waals surface area contributed by atoms with Crippen molar-refractivity contribution in [2.45, 2.75) is 20.3 Å². The van der Waals surface area contributed by atoms with Crippen LogP contribution in [0.5, 0.6) is 0 Å². The van der Waals surface area contributed by atoms with Crippen LogP contribution < -0.4 is 5.32 Å². The van der Waals surface area contributed by atoms with E-state index in [-0.39, 0.29) is 13.3 Å². The summed E-state index contributed by atoms with van der Waals surface area (Å²) >= 11 is 0. The predicted octanol–water partition coefficient (Wildman–Crippen LogP) is 2.62. The van der Waals surface area contributed by atoms with Crippen molar-refractivity contribution in [3.8, 4) is 0 Å². The molecule has 1 nitrogen and oxygen atoms in total. The molecule has 0 amide bonds. The molecule has 1 rings (SSSR count). The second kappa shape index (κ2) is 5.95. The van der Waals surface area contributed by atoms with Gasteiger partial charge in [-0.05, 0) is 38.0 Å². The van der Waals surface area contributed by atoms with Crippen LogP contribution in [0.3, 0.4) is 0 Å². The molecule has 1 N–H and O–H groups in total. The summed E-state index contributed by atoms with van der Waals surface area (Å²) in [5.41, 5.74) is 1.97. The average molecular weight is 437 g/mol. The molecule has 3 heteroatoms. The minimum atomic E-state index is -0.0573. The van der Waals surface area contributed by atoms with Gasteiger partial charge in [-0.2, -0.15) is 0 Å². The minimum absolute atomic E-state index is 0. The zero-order chi connectivity index (χ0) is 8.27. The maximum absolute atomic E-state index is 12.7. The van der Waals surface area contributed by atoms with E-state index in [1.54, 1.807) is 0 Å². The molecule has 1 heterocycles. The first-order valence-electron chi connectivity index (χ1n) is 3.95. The largest absolute Gasteiger partial charge is 0.358 e. The number of hydrogen-bond donors (Lipinski definition) is 1. The van der Waals surface area contributed by atoms with E-state index in [0.717, 1.165) is 30.7 Å². The maximum atomic E-state index is 12.7. The van der Waals surface area contributed by atoms with Gasteiger partial charge in [0.25, 0.3) is 0 Å². The third kappa shape index (κ3) is 3.52. The molecule has 1 aliphatic heterocycles. The summed E-state index contributed by atoms with van der Waals surface area (Å²) in [5, 5.41) is 3.19. The molecule has 0 bridgehead atoms. The molecule has 0 radical (unpaired) electrons. The second-order valence-corrected chi connectivity index (χ2v) is 2.84. The van der Waals surface area contributed by atoms with Gasteiger partial charge in [0.2, 0.25) is 0 Å². The van der Waals surface area contributed by atoms with Gasteiger partial charge >= 0.3 is 0 Å². The molecule has 0 saturated heterocycles. The molecule has 0 unspecified atom stereocenters. The Morgan fingerprint density at radius 2 is 2.08 bits per heavy atom. The third-order valence-electron chi connectivity index (χ3n) is 2.06. The Hall–Kier alpha value is -1.63. The minimum Gasteiger partial charge on any atom is -0.358 e. The quantitative estimate of drug-likeness (QED) is 0.623. The molecule has 0 aromatic heterocycles. The van der Waals surface area contributed by atoms with E-state index in [0.29, 0.717) is 0 Å². The van der Waals surface area contributed by atoms with Crippen LogP contribution in [-0.2, 0) is 0 Å². The van der Waals surface area contributed by atoms with E-state index in [1.165, 1.54) is 6.92 Å². The molecule has 13 heavy (non-hydrogen) atoms. The summed E-state index contributed by atoms with van der Waals surface area (Å²) in [6.07, 6.45) is 3.01. The van der Waals surface area contributed by atoms with Crippen LogP contribution in [0, 0.1) is 7.43 Å². The van der Waals surface area contributed by atoms with Gasteiger partial charge in [-0.3, -0.25) is 0 Å². The van der Waals surface area contributed by atoms with Crippen LogP contribution in [0.1, 0.15) is 20.3 Å². The van der Waals surface area contributed by atoms with Crippen LogP contribution in [0.2, 0.25) is 0 Å². The first kappa shape index (κ1) is 13.9. The summed E-state index contributed by atoms with van der Waals surface area (Å²) < 4.78 is 12.7. The van der Waals surface area contributed by atoms with E-state index < -0.39 is 0 Å². The molecule has 0 aliphatic carbocycles. The third-order valence-corrected chi connectivity index (χ3v) is 2.06. The number of rotatable bonds is 1. The van der Waals surface area contributed by atoms with E-state index in [9.17, 15) is 4.39 Å². The van der Waals surface area contributed by atoms with Gasteiger partial charge in [-0.1, -0.05) is 6.08 Å². The van der Waals surface area contributed by atoms with Crippen molar-refractivity contribution in [2.75, 3.05) is 13.1 Å². The molecule has 0 saturated carbocycles. The molecular weight excluding hydrogens is 420 g/mol. The van der Waals surface area contributed by atoms with Crippen molar-refractivity contribution >= 4 is 0 Å². The number of halogens is 1. The maximum Gasteiger partial charge on any atom is 0.1000 e. The zero-order valence-corrected chi connectivity index (χ0v) is 15.2. The number of nitrogens with one attached hydrogen (secondary N) is 1. The van der Waals surface area contributed by atoms with Crippen molar-refractivity contribution in [3.63, 3.8) is 0 Å². The van der Waals surface area contributed by atoms with Crippen LogP contribution in [-0.4, -0.2) is 13.1 Å². The monoisotopic (exact) mass is 437 g/mol. The molecule has 0 spiro atoms. The average Bonchev–Trinajstić information content (AvgIpc) is 2.05. The van der Waals surface area contributed by atoms with E-state index in [2.05, 4.69) is 11.4 Å². The smallest absolute Gasteiger partial charge is 0.1000 e. The first-order valence-corrected chi connectivity index (χ1v) is 3.95. The topological polar surface area (TPSA) is 12.0 Å². The van der Waals surface area contributed by atoms with Gasteiger partial charge in [-0.15, -0.1) is 0 Å². The van der Waals surface area contributed by atoms with Crippen LogP contribution in [0.25, 0.3) is 0 Å². The van der Waals surface area contributed by atoms with Crippen molar-refractivity contribution in [2.24, 2.45) is 0 Å². The van der Waals surface area contributed by atoms with Gasteiger partial charge in [0.05, 0.1) is 5.83 Å². The second-order valence-electron chi connectivity index (χ2n) is 2.84. The molecule has 72 valence electrons. The van der Waals surface area contributed by atoms with Gasteiger partial charge in [0, 0.05) is 6.54 Å². The fourth-order valence-electron chi connectivity index (χ4n) is 1.18. The molecule has 1 aliphatic rings. The van der Waals surface area contributed by atoms with E-state index in [4.69, 9.17) is 0 Å². The fraction of sp³-hybridized carbons (Fsp3) is 0.500.